The normalized spacial score (nSPS) is 12.0. The number of carbonyl (C=O) groups excluding carboxylic acids is 1. The lowest BCUT2D eigenvalue weighted by Crippen LogP contribution is -2.16. The van der Waals surface area contributed by atoms with Gasteiger partial charge in [0.1, 0.15) is 0 Å². The maximum atomic E-state index is 12.7. The number of nitrogens with one attached hydrogen (secondary N) is 1. The standard InChI is InChI=1S/C13H10F3NO4S2/c1-21-12(18)10-6-22-7-11(10)17-23(19,20)9-4-2-3-8(5-9)13(14,15)16/h2-7,17H,1H3. The van der Waals surface area contributed by atoms with Gasteiger partial charge in [0.15, 0.2) is 0 Å². The number of halogens is 3. The molecular weight excluding hydrogens is 355 g/mol. The second kappa shape index (κ2) is 6.20. The number of sulfonamides is 1. The Morgan fingerprint density at radius 3 is 2.57 bits per heavy atom. The van der Waals surface area contributed by atoms with E-state index >= 15 is 0 Å². The summed E-state index contributed by atoms with van der Waals surface area (Å²) < 4.78 is 69.0. The second-order valence-electron chi connectivity index (χ2n) is 4.32. The fourth-order valence-electron chi connectivity index (χ4n) is 1.69. The summed E-state index contributed by atoms with van der Waals surface area (Å²) in [6.45, 7) is 0. The molecule has 1 N–H and O–H groups in total. The summed E-state index contributed by atoms with van der Waals surface area (Å²) in [4.78, 5) is 10.9. The van der Waals surface area contributed by atoms with Crippen molar-refractivity contribution in [1.82, 2.24) is 0 Å². The number of thiophene rings is 1. The first-order chi connectivity index (χ1) is 10.6. The molecule has 0 unspecified atom stereocenters. The fourth-order valence-corrected chi connectivity index (χ4v) is 3.63. The van der Waals surface area contributed by atoms with Gasteiger partial charge in [0, 0.05) is 10.8 Å². The van der Waals surface area contributed by atoms with Crippen LogP contribution >= 0.6 is 11.3 Å². The molecule has 2 aromatic rings. The van der Waals surface area contributed by atoms with Gasteiger partial charge in [-0.2, -0.15) is 13.2 Å². The van der Waals surface area contributed by atoms with Crippen molar-refractivity contribution in [2.45, 2.75) is 11.1 Å². The topological polar surface area (TPSA) is 72.5 Å². The monoisotopic (exact) mass is 365 g/mol. The van der Waals surface area contributed by atoms with E-state index in [1.165, 1.54) is 10.8 Å². The number of benzene rings is 1. The van der Waals surface area contributed by atoms with E-state index in [9.17, 15) is 26.4 Å². The molecule has 124 valence electrons. The van der Waals surface area contributed by atoms with E-state index in [1.54, 1.807) is 0 Å². The molecule has 0 atom stereocenters. The van der Waals surface area contributed by atoms with Crippen LogP contribution in [0.2, 0.25) is 0 Å². The molecule has 1 heterocycles. The molecule has 0 aliphatic rings. The number of hydrogen-bond acceptors (Lipinski definition) is 5. The maximum absolute atomic E-state index is 12.7. The first-order valence-electron chi connectivity index (χ1n) is 6.00. The van der Waals surface area contributed by atoms with Gasteiger partial charge >= 0.3 is 12.1 Å². The van der Waals surface area contributed by atoms with Crippen molar-refractivity contribution >= 4 is 33.0 Å². The lowest BCUT2D eigenvalue weighted by molar-refractivity contribution is -0.137. The van der Waals surface area contributed by atoms with Crippen molar-refractivity contribution in [3.8, 4) is 0 Å². The number of carbonyl (C=O) groups is 1. The van der Waals surface area contributed by atoms with E-state index in [4.69, 9.17) is 0 Å². The van der Waals surface area contributed by atoms with E-state index < -0.39 is 32.6 Å². The molecule has 23 heavy (non-hydrogen) atoms. The molecule has 0 saturated heterocycles. The van der Waals surface area contributed by atoms with Gasteiger partial charge in [0.25, 0.3) is 10.0 Å². The molecule has 0 saturated carbocycles. The van der Waals surface area contributed by atoms with Crippen LogP contribution in [-0.2, 0) is 20.9 Å². The molecule has 10 heteroatoms. The predicted octanol–water partition coefficient (Wildman–Crippen LogP) is 3.35. The Morgan fingerprint density at radius 2 is 1.96 bits per heavy atom. The van der Waals surface area contributed by atoms with Gasteiger partial charge in [-0.25, -0.2) is 13.2 Å². The number of ether oxygens (including phenoxy) is 1. The van der Waals surface area contributed by atoms with Crippen molar-refractivity contribution < 1.29 is 31.1 Å². The third-order valence-corrected chi connectivity index (χ3v) is 4.89. The molecular formula is C13H10F3NO4S2. The summed E-state index contributed by atoms with van der Waals surface area (Å²) >= 11 is 1.05. The third-order valence-electron chi connectivity index (χ3n) is 2.78. The van der Waals surface area contributed by atoms with Gasteiger partial charge in [-0.3, -0.25) is 4.72 Å². The van der Waals surface area contributed by atoms with Crippen LogP contribution in [0.25, 0.3) is 0 Å². The number of anilines is 1. The summed E-state index contributed by atoms with van der Waals surface area (Å²) in [7, 11) is -3.15. The van der Waals surface area contributed by atoms with Gasteiger partial charge in [-0.15, -0.1) is 11.3 Å². The molecule has 0 aliphatic carbocycles. The van der Waals surface area contributed by atoms with Crippen LogP contribution in [0.3, 0.4) is 0 Å². The number of esters is 1. The maximum Gasteiger partial charge on any atom is 0.416 e. The predicted molar refractivity (Wildman–Crippen MR) is 77.9 cm³/mol. The van der Waals surface area contributed by atoms with Gasteiger partial charge in [-0.1, -0.05) is 6.07 Å². The summed E-state index contributed by atoms with van der Waals surface area (Å²) in [5, 5.41) is 2.72. The second-order valence-corrected chi connectivity index (χ2v) is 6.75. The van der Waals surface area contributed by atoms with Crippen LogP contribution in [0.4, 0.5) is 18.9 Å². The van der Waals surface area contributed by atoms with Crippen molar-refractivity contribution in [3.63, 3.8) is 0 Å². The largest absolute Gasteiger partial charge is 0.465 e. The molecule has 0 bridgehead atoms. The highest BCUT2D eigenvalue weighted by Crippen LogP contribution is 2.31. The lowest BCUT2D eigenvalue weighted by atomic mass is 10.2. The fraction of sp³-hybridized carbons (Fsp3) is 0.154. The number of alkyl halides is 3. The van der Waals surface area contributed by atoms with Crippen LogP contribution in [0, 0.1) is 0 Å². The Bertz CT molecular complexity index is 828. The Morgan fingerprint density at radius 1 is 1.26 bits per heavy atom. The quantitative estimate of drug-likeness (QED) is 0.844. The highest BCUT2D eigenvalue weighted by atomic mass is 32.2. The first-order valence-corrected chi connectivity index (χ1v) is 8.42. The van der Waals surface area contributed by atoms with E-state index in [2.05, 4.69) is 9.46 Å². The molecule has 0 aliphatic heterocycles. The van der Waals surface area contributed by atoms with Gasteiger partial charge in [0.05, 0.1) is 28.8 Å². The summed E-state index contributed by atoms with van der Waals surface area (Å²) in [5.41, 5.74) is -1.16. The minimum Gasteiger partial charge on any atom is -0.465 e. The molecule has 0 amide bonds. The minimum atomic E-state index is -4.66. The molecule has 2 rings (SSSR count). The smallest absolute Gasteiger partial charge is 0.416 e. The zero-order valence-corrected chi connectivity index (χ0v) is 13.2. The van der Waals surface area contributed by atoms with E-state index in [0.717, 1.165) is 36.6 Å². The molecule has 0 fully saturated rings. The van der Waals surface area contributed by atoms with Crippen LogP contribution < -0.4 is 4.72 Å². The lowest BCUT2D eigenvalue weighted by Gasteiger charge is -2.11. The summed E-state index contributed by atoms with van der Waals surface area (Å²) in [6.07, 6.45) is -4.66. The van der Waals surface area contributed by atoms with Crippen LogP contribution in [0.5, 0.6) is 0 Å². The summed E-state index contributed by atoms with van der Waals surface area (Å²) in [5.74, 6) is -0.756. The van der Waals surface area contributed by atoms with Crippen molar-refractivity contribution in [2.24, 2.45) is 0 Å². The van der Waals surface area contributed by atoms with Crippen LogP contribution in [0.1, 0.15) is 15.9 Å². The van der Waals surface area contributed by atoms with Crippen LogP contribution in [-0.4, -0.2) is 21.5 Å². The molecule has 0 radical (unpaired) electrons. The highest BCUT2D eigenvalue weighted by Gasteiger charge is 2.32. The van der Waals surface area contributed by atoms with E-state index in [-0.39, 0.29) is 11.3 Å². The SMILES string of the molecule is COC(=O)c1cscc1NS(=O)(=O)c1cccc(C(F)(F)F)c1. The minimum absolute atomic E-state index is 0.0203. The van der Waals surface area contributed by atoms with E-state index in [0.29, 0.717) is 6.07 Å². The van der Waals surface area contributed by atoms with E-state index in [1.807, 2.05) is 0 Å². The molecule has 1 aromatic carbocycles. The van der Waals surface area contributed by atoms with Crippen molar-refractivity contribution in [2.75, 3.05) is 11.8 Å². The Kier molecular flexibility index (Phi) is 4.66. The van der Waals surface area contributed by atoms with Gasteiger partial charge in [-0.05, 0) is 18.2 Å². The molecule has 1 aromatic heterocycles. The zero-order valence-electron chi connectivity index (χ0n) is 11.5. The molecule has 0 spiro atoms. The highest BCUT2D eigenvalue weighted by molar-refractivity contribution is 7.92. The van der Waals surface area contributed by atoms with Crippen molar-refractivity contribution in [1.29, 1.82) is 0 Å². The van der Waals surface area contributed by atoms with Crippen LogP contribution in [0.15, 0.2) is 39.9 Å². The van der Waals surface area contributed by atoms with Crippen molar-refractivity contribution in [3.05, 3.63) is 46.2 Å². The van der Waals surface area contributed by atoms with Gasteiger partial charge < -0.3 is 4.74 Å². The average Bonchev–Trinajstić information content (AvgIpc) is 2.93. The summed E-state index contributed by atoms with van der Waals surface area (Å²) in [6, 6.07) is 3.31. The third kappa shape index (κ3) is 3.82. The zero-order chi connectivity index (χ0) is 17.3. The Hall–Kier alpha value is -2.07. The number of methoxy groups -OCH3 is 1. The number of hydrogen-bond donors (Lipinski definition) is 1. The number of rotatable bonds is 4. The average molecular weight is 365 g/mol. The Balaban J connectivity index is 2.37. The molecule has 5 nitrogen and oxygen atoms in total. The van der Waals surface area contributed by atoms with Gasteiger partial charge in [0.2, 0.25) is 0 Å². The Labute approximate surface area is 133 Å². The first kappa shape index (κ1) is 17.3.